The average Bonchev–Trinajstić information content (AvgIpc) is 2.47. The minimum Gasteiger partial charge on any atom is -0.691 e. The summed E-state index contributed by atoms with van der Waals surface area (Å²) in [5, 5.41) is 7.58. The molecular weight excluding hydrogens is 375 g/mol. The van der Waals surface area contributed by atoms with Crippen molar-refractivity contribution in [1.29, 1.82) is 0 Å². The molecular formula is C14H16F5O5S-. The Hall–Kier alpha value is -0.650. The van der Waals surface area contributed by atoms with Crippen molar-refractivity contribution in [3.63, 3.8) is 0 Å². The van der Waals surface area contributed by atoms with Gasteiger partial charge in [-0.1, -0.05) is 0 Å². The smallest absolute Gasteiger partial charge is 0.432 e. The van der Waals surface area contributed by atoms with Crippen molar-refractivity contribution < 1.29 is 46.1 Å². The Morgan fingerprint density at radius 1 is 1.04 bits per heavy atom. The summed E-state index contributed by atoms with van der Waals surface area (Å²) in [6, 6.07) is 0. The number of carbonyl (C=O) groups excluding carboxylic acids is 1. The summed E-state index contributed by atoms with van der Waals surface area (Å²) in [7, 11) is 0. The maximum atomic E-state index is 13.7. The Morgan fingerprint density at radius 3 is 1.92 bits per heavy atom. The summed E-state index contributed by atoms with van der Waals surface area (Å²) in [6.07, 6.45) is -5.34. The van der Waals surface area contributed by atoms with Crippen molar-refractivity contribution in [3.05, 3.63) is 0 Å². The average molecular weight is 391 g/mol. The largest absolute Gasteiger partial charge is 0.691 e. The highest BCUT2D eigenvalue weighted by Crippen LogP contribution is 2.60. The molecule has 11 heteroatoms. The van der Waals surface area contributed by atoms with Crippen molar-refractivity contribution >= 4 is 18.0 Å². The summed E-state index contributed by atoms with van der Waals surface area (Å²) >= 11 is -1.13. The quantitative estimate of drug-likeness (QED) is 0.228. The first-order valence-corrected chi connectivity index (χ1v) is 8.60. The van der Waals surface area contributed by atoms with E-state index in [0.29, 0.717) is 19.3 Å². The van der Waals surface area contributed by atoms with E-state index in [0.717, 1.165) is 19.3 Å². The summed E-state index contributed by atoms with van der Waals surface area (Å²) in [6.45, 7) is 0. The third-order valence-electron chi connectivity index (χ3n) is 5.47. The first-order chi connectivity index (χ1) is 11.6. The first kappa shape index (κ1) is 19.1. The predicted octanol–water partition coefficient (Wildman–Crippen LogP) is 3.14. The van der Waals surface area contributed by atoms with Gasteiger partial charge in [-0.3, -0.25) is 9.83 Å². The highest BCUT2D eigenvalue weighted by molar-refractivity contribution is 7.95. The standard InChI is InChI=1S/C14H17F5O5S/c15-13(16,17)10(14(18,19)25-24-23-21)22-11(20)12-4-7-1-8(5-12)3-9(2-7)6-12/h7-10,21H,1-6H2/p-1. The Balaban J connectivity index is 1.77. The molecule has 0 saturated heterocycles. The van der Waals surface area contributed by atoms with Gasteiger partial charge in [0, 0.05) is 0 Å². The summed E-state index contributed by atoms with van der Waals surface area (Å²) in [5.74, 6) is -0.544. The Kier molecular flexibility index (Phi) is 4.97. The lowest BCUT2D eigenvalue weighted by atomic mass is 9.49. The molecule has 0 spiro atoms. The van der Waals surface area contributed by atoms with Gasteiger partial charge >= 0.3 is 17.4 Å². The zero-order valence-corrected chi connectivity index (χ0v) is 13.7. The highest BCUT2D eigenvalue weighted by atomic mass is 32.2. The lowest BCUT2D eigenvalue weighted by molar-refractivity contribution is -0.777. The summed E-state index contributed by atoms with van der Waals surface area (Å²) in [4.78, 5) is 12.5. The molecule has 4 bridgehead atoms. The van der Waals surface area contributed by atoms with Gasteiger partial charge in [-0.25, -0.2) is 0 Å². The van der Waals surface area contributed by atoms with Crippen LogP contribution in [0.1, 0.15) is 38.5 Å². The Morgan fingerprint density at radius 2 is 1.52 bits per heavy atom. The third kappa shape index (κ3) is 3.74. The van der Waals surface area contributed by atoms with Crippen molar-refractivity contribution in [3.8, 4) is 0 Å². The molecule has 25 heavy (non-hydrogen) atoms. The number of rotatable bonds is 6. The van der Waals surface area contributed by atoms with Crippen LogP contribution >= 0.6 is 12.0 Å². The number of esters is 1. The van der Waals surface area contributed by atoms with Crippen molar-refractivity contribution in [2.45, 2.75) is 56.1 Å². The van der Waals surface area contributed by atoms with Gasteiger partial charge in [-0.2, -0.15) is 26.3 Å². The fourth-order valence-electron chi connectivity index (χ4n) is 5.02. The van der Waals surface area contributed by atoms with E-state index in [4.69, 9.17) is 0 Å². The van der Waals surface area contributed by atoms with Crippen LogP contribution in [0.2, 0.25) is 0 Å². The lowest BCUT2D eigenvalue weighted by Gasteiger charge is -2.55. The number of hydrogen-bond acceptors (Lipinski definition) is 6. The van der Waals surface area contributed by atoms with Crippen LogP contribution in [0.15, 0.2) is 0 Å². The topological polar surface area (TPSA) is 67.8 Å². The van der Waals surface area contributed by atoms with Crippen LogP contribution in [0.5, 0.6) is 0 Å². The fraction of sp³-hybridized carbons (Fsp3) is 0.929. The zero-order valence-electron chi connectivity index (χ0n) is 12.9. The second kappa shape index (κ2) is 6.50. The molecule has 0 aromatic carbocycles. The van der Waals surface area contributed by atoms with Gasteiger partial charge in [-0.05, 0) is 56.3 Å². The molecule has 0 radical (unpaired) electrons. The van der Waals surface area contributed by atoms with Crippen LogP contribution in [-0.2, 0) is 18.9 Å². The third-order valence-corrected chi connectivity index (χ3v) is 6.03. The van der Waals surface area contributed by atoms with E-state index in [-0.39, 0.29) is 17.8 Å². The molecule has 144 valence electrons. The van der Waals surface area contributed by atoms with E-state index in [1.165, 1.54) is 0 Å². The molecule has 0 heterocycles. The second-order valence-electron chi connectivity index (χ2n) is 7.31. The zero-order chi connectivity index (χ0) is 18.5. The highest BCUT2D eigenvalue weighted by Gasteiger charge is 2.63. The molecule has 1 unspecified atom stereocenters. The van der Waals surface area contributed by atoms with Gasteiger partial charge in [0.05, 0.1) is 5.41 Å². The van der Waals surface area contributed by atoms with E-state index >= 15 is 0 Å². The number of ether oxygens (including phenoxy) is 1. The molecule has 0 N–H and O–H groups in total. The van der Waals surface area contributed by atoms with E-state index in [2.05, 4.69) is 14.1 Å². The Bertz CT molecular complexity index is 491. The lowest BCUT2D eigenvalue weighted by Crippen LogP contribution is -2.54. The number of halogens is 5. The molecule has 0 amide bonds. The molecule has 1 atom stereocenters. The van der Waals surface area contributed by atoms with Crippen LogP contribution in [0.25, 0.3) is 0 Å². The predicted molar refractivity (Wildman–Crippen MR) is 71.2 cm³/mol. The monoisotopic (exact) mass is 391 g/mol. The van der Waals surface area contributed by atoms with Crippen LogP contribution in [0, 0.1) is 23.2 Å². The minimum absolute atomic E-state index is 0.232. The molecule has 0 aliphatic heterocycles. The molecule has 4 saturated carbocycles. The molecule has 5 nitrogen and oxygen atoms in total. The van der Waals surface area contributed by atoms with Gasteiger partial charge < -0.3 is 9.99 Å². The molecule has 4 aliphatic rings. The maximum Gasteiger partial charge on any atom is 0.432 e. The van der Waals surface area contributed by atoms with Crippen molar-refractivity contribution in [2.24, 2.45) is 23.2 Å². The van der Waals surface area contributed by atoms with Gasteiger partial charge in [0.1, 0.15) is 12.0 Å². The molecule has 0 aromatic heterocycles. The van der Waals surface area contributed by atoms with Gasteiger partial charge in [0.15, 0.2) is 0 Å². The molecule has 4 aliphatic carbocycles. The van der Waals surface area contributed by atoms with Gasteiger partial charge in [0.2, 0.25) is 0 Å². The number of carbonyl (C=O) groups is 1. The second-order valence-corrected chi connectivity index (χ2v) is 8.15. The number of hydrogen-bond donors (Lipinski definition) is 0. The van der Waals surface area contributed by atoms with E-state index < -0.39 is 41.0 Å². The van der Waals surface area contributed by atoms with Crippen LogP contribution in [0.4, 0.5) is 22.0 Å². The summed E-state index contributed by atoms with van der Waals surface area (Å²) < 4.78 is 74.2. The van der Waals surface area contributed by atoms with E-state index in [1.54, 1.807) is 0 Å². The van der Waals surface area contributed by atoms with Crippen molar-refractivity contribution in [2.75, 3.05) is 0 Å². The fourth-order valence-corrected chi connectivity index (χ4v) is 5.41. The number of alkyl halides is 5. The SMILES string of the molecule is O=C(OC(C(F)(F)F)C(F)(F)SOO[O-])C12CC3CC(CC(C3)C1)C2. The van der Waals surface area contributed by atoms with Gasteiger partial charge in [0.25, 0.3) is 6.10 Å². The van der Waals surface area contributed by atoms with E-state index in [1.807, 2.05) is 0 Å². The van der Waals surface area contributed by atoms with Crippen LogP contribution in [0.3, 0.4) is 0 Å². The van der Waals surface area contributed by atoms with E-state index in [9.17, 15) is 32.0 Å². The molecule has 4 fully saturated rings. The Labute approximate surface area is 144 Å². The molecule has 0 aromatic rings. The first-order valence-electron chi connectivity index (χ1n) is 7.86. The van der Waals surface area contributed by atoms with Crippen molar-refractivity contribution in [1.82, 2.24) is 0 Å². The maximum absolute atomic E-state index is 13.7. The van der Waals surface area contributed by atoms with Crippen LogP contribution < -0.4 is 5.26 Å². The van der Waals surface area contributed by atoms with Crippen LogP contribution in [-0.4, -0.2) is 23.5 Å². The molecule has 4 rings (SSSR count). The minimum atomic E-state index is -5.53. The summed E-state index contributed by atoms with van der Waals surface area (Å²) in [5.41, 5.74) is -1.12. The normalized spacial score (nSPS) is 35.7. The van der Waals surface area contributed by atoms with Gasteiger partial charge in [-0.15, -0.1) is 0 Å².